The molecular weight excluding hydrogens is 226 g/mol. The van der Waals surface area contributed by atoms with Crippen molar-refractivity contribution in [3.8, 4) is 0 Å². The fourth-order valence-corrected chi connectivity index (χ4v) is 2.03. The molecule has 0 spiro atoms. The van der Waals surface area contributed by atoms with Crippen LogP contribution in [0, 0.1) is 0 Å². The molecule has 104 valence electrons. The van der Waals surface area contributed by atoms with Gasteiger partial charge < -0.3 is 10.2 Å². The van der Waals surface area contributed by atoms with Crippen molar-refractivity contribution in [3.05, 3.63) is 12.2 Å². The van der Waals surface area contributed by atoms with Gasteiger partial charge in [-0.15, -0.1) is 0 Å². The molecule has 5 heteroatoms. The van der Waals surface area contributed by atoms with E-state index in [0.29, 0.717) is 12.1 Å². The molecule has 1 heterocycles. The van der Waals surface area contributed by atoms with E-state index in [1.54, 1.807) is 6.33 Å². The fourth-order valence-electron chi connectivity index (χ4n) is 2.03. The van der Waals surface area contributed by atoms with Crippen LogP contribution in [0.3, 0.4) is 0 Å². The number of likely N-dealkylation sites (N-methyl/N-ethyl adjacent to an activating group) is 1. The van der Waals surface area contributed by atoms with Gasteiger partial charge >= 0.3 is 0 Å². The molecule has 1 N–H and O–H groups in total. The Morgan fingerprint density at radius 2 is 1.94 bits per heavy atom. The van der Waals surface area contributed by atoms with Crippen molar-refractivity contribution >= 4 is 0 Å². The zero-order valence-corrected chi connectivity index (χ0v) is 12.3. The molecular formula is C13H27N5. The number of nitrogens with one attached hydrogen (secondary N) is 1. The third kappa shape index (κ3) is 4.38. The van der Waals surface area contributed by atoms with Gasteiger partial charge in [0.2, 0.25) is 0 Å². The van der Waals surface area contributed by atoms with Gasteiger partial charge in [0.05, 0.1) is 6.54 Å². The van der Waals surface area contributed by atoms with E-state index in [1.807, 2.05) is 4.68 Å². The summed E-state index contributed by atoms with van der Waals surface area (Å²) < 4.78 is 1.97. The van der Waals surface area contributed by atoms with E-state index >= 15 is 0 Å². The largest absolute Gasteiger partial charge is 0.306 e. The number of rotatable bonds is 8. The van der Waals surface area contributed by atoms with Crippen LogP contribution in [0.5, 0.6) is 0 Å². The molecule has 1 aromatic rings. The second kappa shape index (κ2) is 7.48. The summed E-state index contributed by atoms with van der Waals surface area (Å²) in [7, 11) is 0. The average Bonchev–Trinajstić information content (AvgIpc) is 2.81. The summed E-state index contributed by atoms with van der Waals surface area (Å²) in [5.41, 5.74) is 0. The van der Waals surface area contributed by atoms with Crippen molar-refractivity contribution < 1.29 is 0 Å². The lowest BCUT2D eigenvalue weighted by atomic mass is 10.3. The highest BCUT2D eigenvalue weighted by Crippen LogP contribution is 2.05. The molecule has 0 saturated heterocycles. The van der Waals surface area contributed by atoms with E-state index in [1.165, 1.54) is 0 Å². The molecule has 0 bridgehead atoms. The highest BCUT2D eigenvalue weighted by molar-refractivity contribution is 4.86. The van der Waals surface area contributed by atoms with Crippen LogP contribution in [0.2, 0.25) is 0 Å². The normalized spacial score (nSPS) is 13.5. The molecule has 1 aromatic heterocycles. The molecule has 0 radical (unpaired) electrons. The molecule has 0 aliphatic carbocycles. The third-order valence-corrected chi connectivity index (χ3v) is 3.17. The first-order valence-electron chi connectivity index (χ1n) is 6.92. The maximum Gasteiger partial charge on any atom is 0.141 e. The van der Waals surface area contributed by atoms with Crippen LogP contribution in [0.1, 0.15) is 46.5 Å². The van der Waals surface area contributed by atoms with Crippen LogP contribution >= 0.6 is 0 Å². The van der Waals surface area contributed by atoms with E-state index in [2.05, 4.69) is 54.9 Å². The second-order valence-electron chi connectivity index (χ2n) is 4.98. The Morgan fingerprint density at radius 1 is 1.28 bits per heavy atom. The number of hydrogen-bond donors (Lipinski definition) is 1. The SMILES string of the molecule is CCN(CC)CC(C)NCc1ncnn1C(C)C. The van der Waals surface area contributed by atoms with Crippen molar-refractivity contribution in [2.24, 2.45) is 0 Å². The summed E-state index contributed by atoms with van der Waals surface area (Å²) >= 11 is 0. The zero-order chi connectivity index (χ0) is 13.5. The predicted molar refractivity (Wildman–Crippen MR) is 74.5 cm³/mol. The van der Waals surface area contributed by atoms with Gasteiger partial charge in [0.1, 0.15) is 12.2 Å². The van der Waals surface area contributed by atoms with Gasteiger partial charge in [0.25, 0.3) is 0 Å². The summed E-state index contributed by atoms with van der Waals surface area (Å²) in [4.78, 5) is 6.73. The minimum atomic E-state index is 0.363. The van der Waals surface area contributed by atoms with Gasteiger partial charge in [-0.2, -0.15) is 5.10 Å². The Labute approximate surface area is 111 Å². The lowest BCUT2D eigenvalue weighted by Crippen LogP contribution is -2.39. The van der Waals surface area contributed by atoms with Crippen molar-refractivity contribution in [3.63, 3.8) is 0 Å². The van der Waals surface area contributed by atoms with Crippen LogP contribution in [0.25, 0.3) is 0 Å². The van der Waals surface area contributed by atoms with E-state index in [0.717, 1.165) is 32.0 Å². The Morgan fingerprint density at radius 3 is 2.50 bits per heavy atom. The van der Waals surface area contributed by atoms with E-state index in [9.17, 15) is 0 Å². The van der Waals surface area contributed by atoms with E-state index in [-0.39, 0.29) is 0 Å². The summed E-state index contributed by atoms with van der Waals surface area (Å²) in [6.45, 7) is 14.9. The first kappa shape index (κ1) is 15.1. The Hall–Kier alpha value is -0.940. The Balaban J connectivity index is 2.42. The van der Waals surface area contributed by atoms with Crippen LogP contribution in [0.4, 0.5) is 0 Å². The van der Waals surface area contributed by atoms with E-state index in [4.69, 9.17) is 0 Å². The summed E-state index contributed by atoms with van der Waals surface area (Å²) in [6.07, 6.45) is 1.63. The first-order chi connectivity index (χ1) is 8.58. The molecule has 1 rings (SSSR count). The summed E-state index contributed by atoms with van der Waals surface area (Å²) in [6, 6.07) is 0.824. The number of nitrogens with zero attached hydrogens (tertiary/aromatic N) is 4. The molecule has 0 aliphatic rings. The smallest absolute Gasteiger partial charge is 0.141 e. The average molecular weight is 253 g/mol. The standard InChI is InChI=1S/C13H27N5/c1-6-17(7-2)9-12(5)14-8-13-15-10-16-18(13)11(3)4/h10-12,14H,6-9H2,1-5H3. The Kier molecular flexibility index (Phi) is 6.29. The molecule has 0 saturated carbocycles. The van der Waals surface area contributed by atoms with E-state index < -0.39 is 0 Å². The Bertz CT molecular complexity index is 330. The lowest BCUT2D eigenvalue weighted by Gasteiger charge is -2.23. The van der Waals surface area contributed by atoms with Crippen molar-refractivity contribution in [1.29, 1.82) is 0 Å². The molecule has 0 aromatic carbocycles. The minimum Gasteiger partial charge on any atom is -0.306 e. The highest BCUT2D eigenvalue weighted by atomic mass is 15.4. The van der Waals surface area contributed by atoms with Gasteiger partial charge in [0.15, 0.2) is 0 Å². The van der Waals surface area contributed by atoms with Gasteiger partial charge in [-0.1, -0.05) is 13.8 Å². The molecule has 18 heavy (non-hydrogen) atoms. The van der Waals surface area contributed by atoms with Gasteiger partial charge in [0, 0.05) is 18.6 Å². The fraction of sp³-hybridized carbons (Fsp3) is 0.846. The van der Waals surface area contributed by atoms with Crippen molar-refractivity contribution in [2.75, 3.05) is 19.6 Å². The molecule has 0 fully saturated rings. The van der Waals surface area contributed by atoms with Gasteiger partial charge in [-0.3, -0.25) is 0 Å². The lowest BCUT2D eigenvalue weighted by molar-refractivity contribution is 0.269. The number of aromatic nitrogens is 3. The highest BCUT2D eigenvalue weighted by Gasteiger charge is 2.10. The quantitative estimate of drug-likeness (QED) is 0.765. The van der Waals surface area contributed by atoms with Crippen LogP contribution in [0.15, 0.2) is 6.33 Å². The third-order valence-electron chi connectivity index (χ3n) is 3.17. The summed E-state index contributed by atoms with van der Waals surface area (Å²) in [5, 5.41) is 7.76. The molecule has 1 unspecified atom stereocenters. The molecule has 0 amide bonds. The number of hydrogen-bond acceptors (Lipinski definition) is 4. The molecule has 5 nitrogen and oxygen atoms in total. The summed E-state index contributed by atoms with van der Waals surface area (Å²) in [5.74, 6) is 1.01. The maximum atomic E-state index is 4.30. The van der Waals surface area contributed by atoms with Crippen molar-refractivity contribution in [2.45, 2.75) is 53.2 Å². The second-order valence-corrected chi connectivity index (χ2v) is 4.98. The zero-order valence-electron chi connectivity index (χ0n) is 12.3. The monoisotopic (exact) mass is 253 g/mol. The van der Waals surface area contributed by atoms with Gasteiger partial charge in [-0.25, -0.2) is 9.67 Å². The predicted octanol–water partition coefficient (Wildman–Crippen LogP) is 1.68. The first-order valence-corrected chi connectivity index (χ1v) is 6.92. The molecule has 0 aliphatic heterocycles. The van der Waals surface area contributed by atoms with Gasteiger partial charge in [-0.05, 0) is 33.9 Å². The van der Waals surface area contributed by atoms with Crippen LogP contribution < -0.4 is 5.32 Å². The topological polar surface area (TPSA) is 46.0 Å². The van der Waals surface area contributed by atoms with Crippen LogP contribution in [-0.4, -0.2) is 45.3 Å². The maximum absolute atomic E-state index is 4.30. The van der Waals surface area contributed by atoms with Crippen molar-refractivity contribution in [1.82, 2.24) is 25.0 Å². The van der Waals surface area contributed by atoms with Crippen LogP contribution in [-0.2, 0) is 6.54 Å². The minimum absolute atomic E-state index is 0.363. The molecule has 1 atom stereocenters.